The Hall–Kier alpha value is -2.32. The molecule has 1 nitrogen and oxygen atoms in total. The molecule has 20 heavy (non-hydrogen) atoms. The molecule has 0 amide bonds. The van der Waals surface area contributed by atoms with Crippen LogP contribution in [0.5, 0.6) is 0 Å². The summed E-state index contributed by atoms with van der Waals surface area (Å²) in [5.41, 5.74) is 9.07. The molecule has 0 unspecified atom stereocenters. The molecule has 4 aromatic rings. The molecular weight excluding hydrogens is 262 g/mol. The summed E-state index contributed by atoms with van der Waals surface area (Å²) in [6, 6.07) is 23.3. The molecule has 0 bridgehead atoms. The van der Waals surface area contributed by atoms with E-state index in [1.54, 1.807) is 0 Å². The molecule has 0 aliphatic heterocycles. The Kier molecular flexibility index (Phi) is 2.51. The second kappa shape index (κ2) is 4.36. The molecule has 0 fully saturated rings. The number of fused-ring (bicyclic) bond motifs is 3. The van der Waals surface area contributed by atoms with Crippen molar-refractivity contribution in [2.75, 3.05) is 5.73 Å². The van der Waals surface area contributed by atoms with Crippen molar-refractivity contribution in [3.05, 3.63) is 66.7 Å². The maximum atomic E-state index is 5.87. The zero-order valence-electron chi connectivity index (χ0n) is 10.8. The van der Waals surface area contributed by atoms with Gasteiger partial charge in [0.15, 0.2) is 0 Å². The van der Waals surface area contributed by atoms with E-state index in [1.807, 2.05) is 29.5 Å². The Labute approximate surface area is 121 Å². The molecule has 2 N–H and O–H groups in total. The first-order chi connectivity index (χ1) is 9.81. The summed E-state index contributed by atoms with van der Waals surface area (Å²) < 4.78 is 2.67. The Morgan fingerprint density at radius 2 is 1.45 bits per heavy atom. The SMILES string of the molecule is Nc1cccc(-c2ccc3c(c2)sc2ccccc23)c1. The van der Waals surface area contributed by atoms with Gasteiger partial charge in [-0.1, -0.05) is 42.5 Å². The normalized spacial score (nSPS) is 11.2. The minimum Gasteiger partial charge on any atom is -0.399 e. The van der Waals surface area contributed by atoms with Gasteiger partial charge in [-0.25, -0.2) is 0 Å². The highest BCUT2D eigenvalue weighted by Gasteiger charge is 2.06. The van der Waals surface area contributed by atoms with Crippen LogP contribution >= 0.6 is 11.3 Å². The number of rotatable bonds is 1. The second-order valence-corrected chi connectivity index (χ2v) is 6.02. The van der Waals surface area contributed by atoms with E-state index >= 15 is 0 Å². The summed E-state index contributed by atoms with van der Waals surface area (Å²) in [6.07, 6.45) is 0. The van der Waals surface area contributed by atoms with E-state index in [-0.39, 0.29) is 0 Å². The van der Waals surface area contributed by atoms with Gasteiger partial charge in [0.25, 0.3) is 0 Å². The lowest BCUT2D eigenvalue weighted by atomic mass is 10.0. The number of hydrogen-bond donors (Lipinski definition) is 1. The molecule has 0 saturated carbocycles. The Morgan fingerprint density at radius 3 is 2.35 bits per heavy atom. The Balaban J connectivity index is 1.97. The van der Waals surface area contributed by atoms with Gasteiger partial charge in [-0.2, -0.15) is 0 Å². The molecular formula is C18H13NS. The van der Waals surface area contributed by atoms with Crippen LogP contribution in [0.4, 0.5) is 5.69 Å². The minimum absolute atomic E-state index is 0.805. The van der Waals surface area contributed by atoms with E-state index < -0.39 is 0 Å². The van der Waals surface area contributed by atoms with Crippen molar-refractivity contribution in [1.29, 1.82) is 0 Å². The summed E-state index contributed by atoms with van der Waals surface area (Å²) in [5, 5.41) is 2.67. The largest absolute Gasteiger partial charge is 0.399 e. The lowest BCUT2D eigenvalue weighted by molar-refractivity contribution is 1.64. The first kappa shape index (κ1) is 11.5. The first-order valence-corrected chi connectivity index (χ1v) is 7.40. The fraction of sp³-hybridized carbons (Fsp3) is 0. The van der Waals surface area contributed by atoms with Gasteiger partial charge in [-0.05, 0) is 35.4 Å². The minimum atomic E-state index is 0.805. The van der Waals surface area contributed by atoms with E-state index in [1.165, 1.54) is 31.3 Å². The number of hydrogen-bond acceptors (Lipinski definition) is 2. The Bertz CT molecular complexity index is 921. The number of nitrogens with two attached hydrogens (primary N) is 1. The van der Waals surface area contributed by atoms with E-state index in [0.717, 1.165) is 5.69 Å². The highest BCUT2D eigenvalue weighted by molar-refractivity contribution is 7.25. The molecule has 1 heterocycles. The predicted octanol–water partition coefficient (Wildman–Crippen LogP) is 5.30. The van der Waals surface area contributed by atoms with E-state index in [0.29, 0.717) is 0 Å². The van der Waals surface area contributed by atoms with Crippen molar-refractivity contribution in [2.45, 2.75) is 0 Å². The van der Waals surface area contributed by atoms with Crippen molar-refractivity contribution >= 4 is 37.2 Å². The van der Waals surface area contributed by atoms with E-state index in [9.17, 15) is 0 Å². The molecule has 0 atom stereocenters. The van der Waals surface area contributed by atoms with Crippen molar-refractivity contribution in [3.8, 4) is 11.1 Å². The number of anilines is 1. The van der Waals surface area contributed by atoms with Crippen LogP contribution in [0.2, 0.25) is 0 Å². The van der Waals surface area contributed by atoms with Crippen LogP contribution in [0, 0.1) is 0 Å². The summed E-state index contributed by atoms with van der Waals surface area (Å²) in [5.74, 6) is 0. The molecule has 2 heteroatoms. The molecule has 0 radical (unpaired) electrons. The van der Waals surface area contributed by atoms with Crippen LogP contribution in [0.15, 0.2) is 66.7 Å². The van der Waals surface area contributed by atoms with Crippen molar-refractivity contribution in [2.24, 2.45) is 0 Å². The molecule has 3 aromatic carbocycles. The molecule has 0 spiro atoms. The number of thiophene rings is 1. The van der Waals surface area contributed by atoms with Gasteiger partial charge < -0.3 is 5.73 Å². The number of benzene rings is 3. The number of nitrogen functional groups attached to an aromatic ring is 1. The molecule has 0 saturated heterocycles. The van der Waals surface area contributed by atoms with Crippen LogP contribution < -0.4 is 5.73 Å². The lowest BCUT2D eigenvalue weighted by Crippen LogP contribution is -1.84. The van der Waals surface area contributed by atoms with Crippen LogP contribution in [0.25, 0.3) is 31.3 Å². The molecule has 1 aromatic heterocycles. The second-order valence-electron chi connectivity index (χ2n) is 4.93. The Morgan fingerprint density at radius 1 is 0.650 bits per heavy atom. The van der Waals surface area contributed by atoms with E-state index in [4.69, 9.17) is 5.73 Å². The van der Waals surface area contributed by atoms with Gasteiger partial charge in [0.1, 0.15) is 0 Å². The monoisotopic (exact) mass is 275 g/mol. The van der Waals surface area contributed by atoms with Crippen molar-refractivity contribution < 1.29 is 0 Å². The van der Waals surface area contributed by atoms with Gasteiger partial charge >= 0.3 is 0 Å². The van der Waals surface area contributed by atoms with Crippen LogP contribution in [0.1, 0.15) is 0 Å². The predicted molar refractivity (Wildman–Crippen MR) is 89.2 cm³/mol. The van der Waals surface area contributed by atoms with Crippen LogP contribution in [-0.2, 0) is 0 Å². The summed E-state index contributed by atoms with van der Waals surface area (Å²) >= 11 is 1.84. The van der Waals surface area contributed by atoms with Gasteiger partial charge in [0.05, 0.1) is 0 Å². The summed E-state index contributed by atoms with van der Waals surface area (Å²) in [7, 11) is 0. The standard InChI is InChI=1S/C18H13NS/c19-14-5-3-4-12(10-14)13-8-9-16-15-6-1-2-7-17(15)20-18(16)11-13/h1-11H,19H2. The maximum Gasteiger partial charge on any atom is 0.0361 e. The third-order valence-corrected chi connectivity index (χ3v) is 4.73. The third-order valence-electron chi connectivity index (χ3n) is 3.60. The average molecular weight is 275 g/mol. The fourth-order valence-corrected chi connectivity index (χ4v) is 3.77. The summed E-state index contributed by atoms with van der Waals surface area (Å²) in [6.45, 7) is 0. The topological polar surface area (TPSA) is 26.0 Å². The van der Waals surface area contributed by atoms with E-state index in [2.05, 4.69) is 48.5 Å². The highest BCUT2D eigenvalue weighted by Crippen LogP contribution is 2.36. The highest BCUT2D eigenvalue weighted by atomic mass is 32.1. The molecule has 0 aliphatic carbocycles. The quantitative estimate of drug-likeness (QED) is 0.468. The average Bonchev–Trinajstić information content (AvgIpc) is 2.85. The van der Waals surface area contributed by atoms with Crippen LogP contribution in [-0.4, -0.2) is 0 Å². The van der Waals surface area contributed by atoms with Crippen LogP contribution in [0.3, 0.4) is 0 Å². The summed E-state index contributed by atoms with van der Waals surface area (Å²) in [4.78, 5) is 0. The smallest absolute Gasteiger partial charge is 0.0361 e. The third kappa shape index (κ3) is 1.77. The van der Waals surface area contributed by atoms with Crippen molar-refractivity contribution in [3.63, 3.8) is 0 Å². The molecule has 0 aliphatic rings. The molecule has 4 rings (SSSR count). The zero-order valence-corrected chi connectivity index (χ0v) is 11.7. The lowest BCUT2D eigenvalue weighted by Gasteiger charge is -2.03. The fourth-order valence-electron chi connectivity index (χ4n) is 2.62. The molecule has 96 valence electrons. The van der Waals surface area contributed by atoms with Crippen molar-refractivity contribution in [1.82, 2.24) is 0 Å². The van der Waals surface area contributed by atoms with Gasteiger partial charge in [0.2, 0.25) is 0 Å². The first-order valence-electron chi connectivity index (χ1n) is 6.58. The van der Waals surface area contributed by atoms with Gasteiger partial charge in [0, 0.05) is 25.9 Å². The van der Waals surface area contributed by atoms with Gasteiger partial charge in [-0.15, -0.1) is 11.3 Å². The zero-order chi connectivity index (χ0) is 13.5. The van der Waals surface area contributed by atoms with Gasteiger partial charge in [-0.3, -0.25) is 0 Å². The maximum absolute atomic E-state index is 5.87.